The first-order chi connectivity index (χ1) is 10.2. The molecule has 0 aliphatic heterocycles. The molecule has 122 valence electrons. The summed E-state index contributed by atoms with van der Waals surface area (Å²) in [7, 11) is 3.27. The molecule has 22 heavy (non-hydrogen) atoms. The number of rotatable bonds is 7. The number of benzene rings is 1. The van der Waals surface area contributed by atoms with E-state index in [4.69, 9.17) is 4.74 Å². The zero-order valence-electron chi connectivity index (χ0n) is 12.9. The molecule has 0 bridgehead atoms. The van der Waals surface area contributed by atoms with E-state index in [1.54, 1.807) is 20.2 Å². The summed E-state index contributed by atoms with van der Waals surface area (Å²) in [6.45, 7) is 4.83. The molecular weight excluding hydrogens is 395 g/mol. The van der Waals surface area contributed by atoms with Crippen molar-refractivity contribution in [1.82, 2.24) is 16.0 Å². The fraction of sp³-hybridized carbons (Fsp3) is 0.333. The van der Waals surface area contributed by atoms with E-state index in [2.05, 4.69) is 27.5 Å². The summed E-state index contributed by atoms with van der Waals surface area (Å²) in [6.07, 6.45) is 1.72. The van der Waals surface area contributed by atoms with E-state index in [-0.39, 0.29) is 36.4 Å². The molecule has 1 rings (SSSR count). The lowest BCUT2D eigenvalue weighted by Crippen LogP contribution is -2.43. The molecule has 0 spiro atoms. The Labute approximate surface area is 148 Å². The second-order valence-corrected chi connectivity index (χ2v) is 4.22. The molecule has 0 radical (unpaired) electrons. The van der Waals surface area contributed by atoms with E-state index in [0.29, 0.717) is 19.0 Å². The number of carbonyl (C=O) groups is 1. The van der Waals surface area contributed by atoms with Crippen LogP contribution in [0.1, 0.15) is 5.56 Å². The minimum absolute atomic E-state index is 0. The van der Waals surface area contributed by atoms with Crippen LogP contribution in [0.5, 0.6) is 5.75 Å². The van der Waals surface area contributed by atoms with Crippen LogP contribution in [0.2, 0.25) is 0 Å². The summed E-state index contributed by atoms with van der Waals surface area (Å²) < 4.78 is 5.08. The van der Waals surface area contributed by atoms with Gasteiger partial charge in [-0.15, -0.1) is 30.6 Å². The van der Waals surface area contributed by atoms with E-state index in [1.807, 2.05) is 24.3 Å². The Morgan fingerprint density at radius 1 is 1.27 bits per heavy atom. The van der Waals surface area contributed by atoms with Crippen LogP contribution in [-0.4, -0.2) is 39.1 Å². The van der Waals surface area contributed by atoms with Crippen molar-refractivity contribution in [2.45, 2.75) is 6.54 Å². The molecule has 0 aromatic heterocycles. The van der Waals surface area contributed by atoms with Crippen molar-refractivity contribution >= 4 is 35.8 Å². The van der Waals surface area contributed by atoms with E-state index >= 15 is 0 Å². The Morgan fingerprint density at radius 3 is 2.50 bits per heavy atom. The van der Waals surface area contributed by atoms with Crippen LogP contribution in [0.25, 0.3) is 0 Å². The first-order valence-electron chi connectivity index (χ1n) is 6.64. The number of hydrogen-bond acceptors (Lipinski definition) is 3. The van der Waals surface area contributed by atoms with Crippen LogP contribution in [-0.2, 0) is 11.3 Å². The predicted octanol–water partition coefficient (Wildman–Crippen LogP) is 1.28. The molecule has 1 amide bonds. The minimum Gasteiger partial charge on any atom is -0.497 e. The van der Waals surface area contributed by atoms with Crippen molar-refractivity contribution in [1.29, 1.82) is 0 Å². The summed E-state index contributed by atoms with van der Waals surface area (Å²) in [4.78, 5) is 15.7. The van der Waals surface area contributed by atoms with Crippen LogP contribution in [0.4, 0.5) is 0 Å². The van der Waals surface area contributed by atoms with Crippen LogP contribution in [0, 0.1) is 0 Å². The third-order valence-corrected chi connectivity index (χ3v) is 2.70. The normalized spacial score (nSPS) is 10.2. The topological polar surface area (TPSA) is 74.8 Å². The molecule has 0 atom stereocenters. The number of halogens is 1. The number of methoxy groups -OCH3 is 1. The van der Waals surface area contributed by atoms with Gasteiger partial charge in [0.05, 0.1) is 13.7 Å². The molecule has 3 N–H and O–H groups in total. The van der Waals surface area contributed by atoms with Gasteiger partial charge in [-0.05, 0) is 17.7 Å². The van der Waals surface area contributed by atoms with Crippen molar-refractivity contribution < 1.29 is 9.53 Å². The first kappa shape index (κ1) is 20.2. The standard InChI is InChI=1S/C15H22N4O2.HI/c1-4-9-17-15(16-2)19-11-14(20)18-10-12-5-7-13(21-3)8-6-12;/h4-8H,1,9-11H2,2-3H3,(H,18,20)(H2,16,17,19);1H. The van der Waals surface area contributed by atoms with Crippen molar-refractivity contribution in [3.63, 3.8) is 0 Å². The molecule has 0 aliphatic rings. The van der Waals surface area contributed by atoms with Gasteiger partial charge in [0.1, 0.15) is 5.75 Å². The highest BCUT2D eigenvalue weighted by Crippen LogP contribution is 2.10. The highest BCUT2D eigenvalue weighted by Gasteiger charge is 2.03. The molecule has 0 fully saturated rings. The van der Waals surface area contributed by atoms with Gasteiger partial charge in [0.15, 0.2) is 5.96 Å². The summed E-state index contributed by atoms with van der Waals surface area (Å²) in [5.41, 5.74) is 1.01. The van der Waals surface area contributed by atoms with Crippen molar-refractivity contribution in [3.8, 4) is 5.75 Å². The minimum atomic E-state index is -0.104. The van der Waals surface area contributed by atoms with Crippen LogP contribution >= 0.6 is 24.0 Å². The highest BCUT2D eigenvalue weighted by atomic mass is 127. The van der Waals surface area contributed by atoms with Crippen LogP contribution in [0.3, 0.4) is 0 Å². The monoisotopic (exact) mass is 418 g/mol. The summed E-state index contributed by atoms with van der Waals surface area (Å²) in [6, 6.07) is 7.55. The Morgan fingerprint density at radius 2 is 1.95 bits per heavy atom. The Kier molecular flexibility index (Phi) is 10.9. The van der Waals surface area contributed by atoms with Gasteiger partial charge in [-0.2, -0.15) is 0 Å². The number of guanidine groups is 1. The lowest BCUT2D eigenvalue weighted by Gasteiger charge is -2.11. The second-order valence-electron chi connectivity index (χ2n) is 4.22. The van der Waals surface area contributed by atoms with Crippen molar-refractivity contribution in [3.05, 3.63) is 42.5 Å². The zero-order chi connectivity index (χ0) is 15.5. The summed E-state index contributed by atoms with van der Waals surface area (Å²) in [5, 5.41) is 8.73. The lowest BCUT2D eigenvalue weighted by molar-refractivity contribution is -0.120. The number of ether oxygens (including phenoxy) is 1. The van der Waals surface area contributed by atoms with Gasteiger partial charge < -0.3 is 20.7 Å². The second kappa shape index (κ2) is 11.8. The molecule has 0 saturated heterocycles. The first-order valence-corrected chi connectivity index (χ1v) is 6.64. The molecule has 6 nitrogen and oxygen atoms in total. The molecule has 0 aliphatic carbocycles. The largest absolute Gasteiger partial charge is 0.497 e. The average Bonchev–Trinajstić information content (AvgIpc) is 2.53. The van der Waals surface area contributed by atoms with Crippen LogP contribution < -0.4 is 20.7 Å². The van der Waals surface area contributed by atoms with Gasteiger partial charge in [-0.3, -0.25) is 9.79 Å². The van der Waals surface area contributed by atoms with Crippen molar-refractivity contribution in [2.24, 2.45) is 4.99 Å². The van der Waals surface area contributed by atoms with E-state index in [9.17, 15) is 4.79 Å². The number of amides is 1. The summed E-state index contributed by atoms with van der Waals surface area (Å²) in [5.74, 6) is 1.26. The number of nitrogens with zero attached hydrogens (tertiary/aromatic N) is 1. The van der Waals surface area contributed by atoms with Crippen molar-refractivity contribution in [2.75, 3.05) is 27.2 Å². The maximum Gasteiger partial charge on any atom is 0.239 e. The molecule has 0 heterocycles. The van der Waals surface area contributed by atoms with E-state index < -0.39 is 0 Å². The van der Waals surface area contributed by atoms with Gasteiger partial charge >= 0.3 is 0 Å². The maximum absolute atomic E-state index is 11.7. The molecular formula is C15H23IN4O2. The third-order valence-electron chi connectivity index (χ3n) is 2.70. The average molecular weight is 418 g/mol. The van der Waals surface area contributed by atoms with E-state index in [1.165, 1.54) is 0 Å². The van der Waals surface area contributed by atoms with E-state index in [0.717, 1.165) is 11.3 Å². The number of aliphatic imine (C=N–C) groups is 1. The fourth-order valence-corrected chi connectivity index (χ4v) is 1.56. The Bertz CT molecular complexity index is 489. The van der Waals surface area contributed by atoms with Gasteiger partial charge in [0.2, 0.25) is 5.91 Å². The van der Waals surface area contributed by atoms with Gasteiger partial charge in [0.25, 0.3) is 0 Å². The third kappa shape index (κ3) is 7.87. The quantitative estimate of drug-likeness (QED) is 0.270. The predicted molar refractivity (Wildman–Crippen MR) is 99.8 cm³/mol. The van der Waals surface area contributed by atoms with Gasteiger partial charge in [-0.1, -0.05) is 18.2 Å². The Balaban J connectivity index is 0.00000441. The SMILES string of the molecule is C=CCNC(=NC)NCC(=O)NCc1ccc(OC)cc1.I. The number of nitrogens with one attached hydrogen (secondary N) is 3. The number of carbonyl (C=O) groups excluding carboxylic acids is 1. The molecule has 1 aromatic rings. The molecule has 1 aromatic carbocycles. The zero-order valence-corrected chi connectivity index (χ0v) is 15.2. The maximum atomic E-state index is 11.7. The highest BCUT2D eigenvalue weighted by molar-refractivity contribution is 14.0. The lowest BCUT2D eigenvalue weighted by atomic mass is 10.2. The fourth-order valence-electron chi connectivity index (χ4n) is 1.56. The smallest absolute Gasteiger partial charge is 0.239 e. The van der Waals surface area contributed by atoms with Crippen LogP contribution in [0.15, 0.2) is 41.9 Å². The van der Waals surface area contributed by atoms with Gasteiger partial charge in [-0.25, -0.2) is 0 Å². The Hall–Kier alpha value is -1.77. The molecule has 7 heteroatoms. The summed E-state index contributed by atoms with van der Waals surface area (Å²) >= 11 is 0. The molecule has 0 unspecified atom stereocenters. The van der Waals surface area contributed by atoms with Gasteiger partial charge in [0, 0.05) is 20.1 Å². The number of hydrogen-bond donors (Lipinski definition) is 3. The molecule has 0 saturated carbocycles.